The number of anilines is 2. The molecule has 1 amide bonds. The monoisotopic (exact) mass is 511 g/mol. The summed E-state index contributed by atoms with van der Waals surface area (Å²) in [6.45, 7) is 2.90. The van der Waals surface area contributed by atoms with Crippen molar-refractivity contribution in [3.63, 3.8) is 0 Å². The first kappa shape index (κ1) is 24.3. The summed E-state index contributed by atoms with van der Waals surface area (Å²) in [7, 11) is 0. The van der Waals surface area contributed by atoms with Crippen LogP contribution in [-0.4, -0.2) is 54.8 Å². The maximum atomic E-state index is 15.1. The van der Waals surface area contributed by atoms with Gasteiger partial charge >= 0.3 is 12.5 Å². The van der Waals surface area contributed by atoms with Gasteiger partial charge in [0.25, 0.3) is 0 Å². The Kier molecular flexibility index (Phi) is 6.01. The molecule has 0 aromatic carbocycles. The number of hydrogen-bond donors (Lipinski definition) is 3. The van der Waals surface area contributed by atoms with Gasteiger partial charge in [-0.15, -0.1) is 13.2 Å². The minimum Gasteiger partial charge on any atom is -0.443 e. The number of fused-ring (bicyclic) bond motifs is 1. The number of halogens is 4. The van der Waals surface area contributed by atoms with Gasteiger partial charge in [-0.2, -0.15) is 5.10 Å². The van der Waals surface area contributed by atoms with Crippen molar-refractivity contribution in [3.05, 3.63) is 35.4 Å². The molecule has 3 atom stereocenters. The van der Waals surface area contributed by atoms with Crippen LogP contribution in [0.25, 0.3) is 5.65 Å². The molecule has 3 heterocycles. The Morgan fingerprint density at radius 3 is 2.83 bits per heavy atom. The first-order chi connectivity index (χ1) is 17.0. The van der Waals surface area contributed by atoms with Gasteiger partial charge in [-0.3, -0.25) is 14.2 Å². The summed E-state index contributed by atoms with van der Waals surface area (Å²) in [4.78, 5) is 20.5. The number of alkyl carbamates (subject to hydrolysis) is 1. The smallest absolute Gasteiger partial charge is 0.443 e. The van der Waals surface area contributed by atoms with Crippen LogP contribution in [0.5, 0.6) is 0 Å². The molecule has 0 saturated heterocycles. The Balaban J connectivity index is 1.26. The van der Waals surface area contributed by atoms with Gasteiger partial charge in [0.1, 0.15) is 17.9 Å². The summed E-state index contributed by atoms with van der Waals surface area (Å²) in [6.07, 6.45) is -2.10. The van der Waals surface area contributed by atoms with Crippen molar-refractivity contribution >= 4 is 23.5 Å². The minimum atomic E-state index is -4.77. The second-order valence-corrected chi connectivity index (χ2v) is 9.52. The lowest BCUT2D eigenvalue weighted by Gasteiger charge is -2.19. The van der Waals surface area contributed by atoms with Crippen LogP contribution in [0, 0.1) is 6.92 Å². The van der Waals surface area contributed by atoms with Crippen molar-refractivity contribution in [2.75, 3.05) is 5.32 Å². The molecule has 10 nitrogen and oxygen atoms in total. The topological polar surface area (TPSA) is 118 Å². The number of rotatable bonds is 7. The molecule has 2 fully saturated rings. The van der Waals surface area contributed by atoms with Gasteiger partial charge in [-0.1, -0.05) is 0 Å². The standard InChI is InChI=1S/C22H25F4N7O3/c1-11-8-27-19(33-9-12(28-18(11)33)10-35-22(24,25)26)29-16-7-14(31-32-16)13-3-4-15(17(13)23)36-20(34)30-21(2)5-6-21/h7-9,13,15,17H,3-6,10H2,1-2H3,(H,30,34)(H2,27,29,31,32)/t13-,15-,17+/m0/s1. The van der Waals surface area contributed by atoms with E-state index >= 15 is 4.39 Å². The van der Waals surface area contributed by atoms with Crippen molar-refractivity contribution in [2.24, 2.45) is 0 Å². The van der Waals surface area contributed by atoms with Crippen LogP contribution < -0.4 is 10.6 Å². The summed E-state index contributed by atoms with van der Waals surface area (Å²) in [5.41, 5.74) is 1.41. The van der Waals surface area contributed by atoms with E-state index in [1.807, 2.05) is 6.92 Å². The number of nitrogens with zero attached hydrogens (tertiary/aromatic N) is 4. The molecule has 36 heavy (non-hydrogen) atoms. The first-order valence-corrected chi connectivity index (χ1v) is 11.5. The molecular weight excluding hydrogens is 486 g/mol. The lowest BCUT2D eigenvalue weighted by Crippen LogP contribution is -2.38. The van der Waals surface area contributed by atoms with Gasteiger partial charge in [0.05, 0.1) is 12.3 Å². The fourth-order valence-corrected chi connectivity index (χ4v) is 4.27. The predicted octanol–water partition coefficient (Wildman–Crippen LogP) is 4.40. The van der Waals surface area contributed by atoms with Crippen LogP contribution in [0.2, 0.25) is 0 Å². The van der Waals surface area contributed by atoms with Crippen molar-refractivity contribution in [1.29, 1.82) is 0 Å². The molecular formula is C22H25F4N7O3. The van der Waals surface area contributed by atoms with Gasteiger partial charge < -0.3 is 15.4 Å². The summed E-state index contributed by atoms with van der Waals surface area (Å²) in [6, 6.07) is 1.63. The fraction of sp³-hybridized carbons (Fsp3) is 0.545. The number of nitrogens with one attached hydrogen (secondary N) is 3. The molecule has 0 bridgehead atoms. The minimum absolute atomic E-state index is 0.0752. The average Bonchev–Trinajstić information content (AvgIpc) is 3.16. The summed E-state index contributed by atoms with van der Waals surface area (Å²) < 4.78 is 63.0. The maximum Gasteiger partial charge on any atom is 0.522 e. The summed E-state index contributed by atoms with van der Waals surface area (Å²) >= 11 is 0. The van der Waals surface area contributed by atoms with E-state index in [4.69, 9.17) is 4.74 Å². The highest BCUT2D eigenvalue weighted by Gasteiger charge is 2.43. The third-order valence-corrected chi connectivity index (χ3v) is 6.50. The molecule has 0 spiro atoms. The Morgan fingerprint density at radius 2 is 2.11 bits per heavy atom. The van der Waals surface area contributed by atoms with Gasteiger partial charge in [0.2, 0.25) is 5.95 Å². The number of ether oxygens (including phenoxy) is 2. The molecule has 0 aliphatic heterocycles. The largest absolute Gasteiger partial charge is 0.522 e. The van der Waals surface area contributed by atoms with Gasteiger partial charge in [-0.05, 0) is 39.5 Å². The van der Waals surface area contributed by atoms with Crippen molar-refractivity contribution in [2.45, 2.75) is 76.2 Å². The van der Waals surface area contributed by atoms with E-state index in [0.29, 0.717) is 35.6 Å². The highest BCUT2D eigenvalue weighted by molar-refractivity contribution is 5.69. The SMILES string of the molecule is Cc1cnc(Nc2cc([C@@H]3CC[C@H](OC(=O)NC4(C)CC4)[C@@H]3F)[nH]n2)n2cc(COC(F)(F)F)nc12. The number of alkyl halides is 4. The van der Waals surface area contributed by atoms with Crippen LogP contribution in [0.3, 0.4) is 0 Å². The van der Waals surface area contributed by atoms with E-state index < -0.39 is 37.3 Å². The second kappa shape index (κ2) is 8.91. The molecule has 2 aliphatic carbocycles. The molecule has 3 aromatic heterocycles. The molecule has 3 N–H and O–H groups in total. The van der Waals surface area contributed by atoms with Gasteiger partial charge in [0.15, 0.2) is 5.82 Å². The van der Waals surface area contributed by atoms with Crippen LogP contribution >= 0.6 is 0 Å². The number of hydrogen-bond acceptors (Lipinski definition) is 7. The Hall–Kier alpha value is -3.42. The van der Waals surface area contributed by atoms with E-state index in [9.17, 15) is 18.0 Å². The van der Waals surface area contributed by atoms with E-state index in [1.165, 1.54) is 16.8 Å². The lowest BCUT2D eigenvalue weighted by molar-refractivity contribution is -0.330. The third-order valence-electron chi connectivity index (χ3n) is 6.50. The molecule has 3 aromatic rings. The zero-order valence-corrected chi connectivity index (χ0v) is 19.5. The first-order valence-electron chi connectivity index (χ1n) is 11.5. The molecule has 2 aliphatic rings. The zero-order chi connectivity index (χ0) is 25.7. The zero-order valence-electron chi connectivity index (χ0n) is 19.5. The molecule has 2 saturated carbocycles. The molecule has 194 valence electrons. The number of carbonyl (C=O) groups excluding carboxylic acids is 1. The van der Waals surface area contributed by atoms with E-state index in [-0.39, 0.29) is 17.2 Å². The summed E-state index contributed by atoms with van der Waals surface area (Å²) in [5.74, 6) is 0.0576. The Morgan fingerprint density at radius 1 is 1.33 bits per heavy atom. The number of aromatic amines is 1. The average molecular weight is 511 g/mol. The Bertz CT molecular complexity index is 1270. The Labute approximate surface area is 202 Å². The third kappa shape index (κ3) is 5.22. The van der Waals surface area contributed by atoms with Crippen LogP contribution in [0.1, 0.15) is 55.5 Å². The van der Waals surface area contributed by atoms with E-state index in [2.05, 4.69) is 35.5 Å². The number of amides is 1. The number of carbonyl (C=O) groups is 1. The molecule has 5 rings (SSSR count). The van der Waals surface area contributed by atoms with Crippen LogP contribution in [0.15, 0.2) is 18.5 Å². The number of aryl methyl sites for hydroxylation is 1. The van der Waals surface area contributed by atoms with Crippen LogP contribution in [0.4, 0.5) is 34.1 Å². The molecule has 14 heteroatoms. The lowest BCUT2D eigenvalue weighted by atomic mass is 10.0. The second-order valence-electron chi connectivity index (χ2n) is 9.52. The number of imidazole rings is 1. The quantitative estimate of drug-likeness (QED) is 0.402. The van der Waals surface area contributed by atoms with Crippen molar-refractivity contribution in [3.8, 4) is 0 Å². The van der Waals surface area contributed by atoms with Gasteiger partial charge in [0, 0.05) is 41.2 Å². The molecule has 0 radical (unpaired) electrons. The highest BCUT2D eigenvalue weighted by atomic mass is 19.4. The van der Waals surface area contributed by atoms with Gasteiger partial charge in [-0.25, -0.2) is 19.2 Å². The number of aromatic nitrogens is 5. The fourth-order valence-electron chi connectivity index (χ4n) is 4.27. The normalized spacial score (nSPS) is 23.1. The summed E-state index contributed by atoms with van der Waals surface area (Å²) in [5, 5.41) is 12.7. The molecule has 0 unspecified atom stereocenters. The highest BCUT2D eigenvalue weighted by Crippen LogP contribution is 2.39. The van der Waals surface area contributed by atoms with Crippen LogP contribution in [-0.2, 0) is 16.1 Å². The number of H-pyrrole nitrogens is 1. The van der Waals surface area contributed by atoms with E-state index in [0.717, 1.165) is 12.8 Å². The predicted molar refractivity (Wildman–Crippen MR) is 118 cm³/mol. The van der Waals surface area contributed by atoms with E-state index in [1.54, 1.807) is 13.0 Å². The van der Waals surface area contributed by atoms with Crippen molar-refractivity contribution in [1.82, 2.24) is 29.9 Å². The maximum absolute atomic E-state index is 15.1. The van der Waals surface area contributed by atoms with Crippen molar-refractivity contribution < 1.29 is 31.8 Å².